The fourth-order valence-electron chi connectivity index (χ4n) is 1.35. The molecule has 1 rings (SSSR count). The molecule has 0 amide bonds. The molecule has 0 aromatic carbocycles. The van der Waals surface area contributed by atoms with Gasteiger partial charge in [-0.1, -0.05) is 13.8 Å². The molecule has 4 heteroatoms. The molecule has 0 N–H and O–H groups in total. The van der Waals surface area contributed by atoms with Gasteiger partial charge in [0.25, 0.3) is 0 Å². The Morgan fingerprint density at radius 2 is 2.29 bits per heavy atom. The lowest BCUT2D eigenvalue weighted by Crippen LogP contribution is -2.06. The summed E-state index contributed by atoms with van der Waals surface area (Å²) in [4.78, 5) is 11.4. The van der Waals surface area contributed by atoms with E-state index in [2.05, 4.69) is 23.7 Å². The van der Waals surface area contributed by atoms with Crippen LogP contribution in [0.2, 0.25) is 0 Å². The first-order chi connectivity index (χ1) is 6.54. The third kappa shape index (κ3) is 2.34. The summed E-state index contributed by atoms with van der Waals surface area (Å²) in [6.45, 7) is 4.19. The zero-order valence-corrected chi connectivity index (χ0v) is 9.07. The zero-order chi connectivity index (χ0) is 10.7. The molecular weight excluding hydrogens is 180 g/mol. The Balaban J connectivity index is 2.96. The smallest absolute Gasteiger partial charge is 0.341 e. The van der Waals surface area contributed by atoms with Crippen molar-refractivity contribution in [3.8, 4) is 0 Å². The van der Waals surface area contributed by atoms with Crippen LogP contribution < -0.4 is 0 Å². The molecule has 0 aliphatic rings. The van der Waals surface area contributed by atoms with Crippen LogP contribution in [0.5, 0.6) is 0 Å². The lowest BCUT2D eigenvalue weighted by Gasteiger charge is -2.02. The molecule has 4 nitrogen and oxygen atoms in total. The summed E-state index contributed by atoms with van der Waals surface area (Å²) in [7, 11) is 3.19. The third-order valence-electron chi connectivity index (χ3n) is 1.91. The summed E-state index contributed by atoms with van der Waals surface area (Å²) in [5.74, 6) is 0.169. The van der Waals surface area contributed by atoms with Crippen molar-refractivity contribution in [1.82, 2.24) is 9.78 Å². The lowest BCUT2D eigenvalue weighted by atomic mass is 10.1. The maximum absolute atomic E-state index is 11.4. The highest BCUT2D eigenvalue weighted by Gasteiger charge is 2.16. The van der Waals surface area contributed by atoms with Crippen LogP contribution in [0.15, 0.2) is 6.20 Å². The average Bonchev–Trinajstić information content (AvgIpc) is 2.44. The van der Waals surface area contributed by atoms with Gasteiger partial charge in [0.15, 0.2) is 0 Å². The van der Waals surface area contributed by atoms with E-state index in [4.69, 9.17) is 0 Å². The molecule has 0 aliphatic carbocycles. The van der Waals surface area contributed by atoms with Gasteiger partial charge in [0.05, 0.1) is 12.8 Å². The van der Waals surface area contributed by atoms with Crippen LogP contribution in [0, 0.1) is 5.92 Å². The number of hydrogen-bond donors (Lipinski definition) is 0. The summed E-state index contributed by atoms with van der Waals surface area (Å²) in [5, 5.41) is 4.24. The van der Waals surface area contributed by atoms with Crippen molar-refractivity contribution < 1.29 is 9.53 Å². The van der Waals surface area contributed by atoms with Gasteiger partial charge in [-0.25, -0.2) is 4.79 Å². The lowest BCUT2D eigenvalue weighted by molar-refractivity contribution is 0.0599. The van der Waals surface area contributed by atoms with Crippen LogP contribution in [0.25, 0.3) is 0 Å². The first-order valence-corrected chi connectivity index (χ1v) is 4.65. The zero-order valence-electron chi connectivity index (χ0n) is 9.07. The molecule has 1 aromatic rings. The summed E-state index contributed by atoms with van der Waals surface area (Å²) in [6.07, 6.45) is 2.49. The summed E-state index contributed by atoms with van der Waals surface area (Å²) in [6, 6.07) is 0. The van der Waals surface area contributed by atoms with Gasteiger partial charge in [-0.15, -0.1) is 0 Å². The SMILES string of the molecule is COC(=O)c1cn(C)nc1CC(C)C. The topological polar surface area (TPSA) is 44.1 Å². The molecule has 0 atom stereocenters. The molecule has 1 aromatic heterocycles. The number of carbonyl (C=O) groups is 1. The summed E-state index contributed by atoms with van der Waals surface area (Å²) in [5.41, 5.74) is 1.39. The van der Waals surface area contributed by atoms with E-state index < -0.39 is 0 Å². The highest BCUT2D eigenvalue weighted by Crippen LogP contribution is 2.12. The molecule has 0 saturated carbocycles. The van der Waals surface area contributed by atoms with Gasteiger partial charge < -0.3 is 4.74 Å². The first-order valence-electron chi connectivity index (χ1n) is 4.65. The minimum absolute atomic E-state index is 0.311. The van der Waals surface area contributed by atoms with Crippen LogP contribution in [-0.4, -0.2) is 22.9 Å². The highest BCUT2D eigenvalue weighted by molar-refractivity contribution is 5.90. The molecule has 0 bridgehead atoms. The molecule has 0 spiro atoms. The number of hydrogen-bond acceptors (Lipinski definition) is 3. The maximum Gasteiger partial charge on any atom is 0.341 e. The van der Waals surface area contributed by atoms with E-state index >= 15 is 0 Å². The Hall–Kier alpha value is -1.32. The van der Waals surface area contributed by atoms with Crippen LogP contribution in [0.3, 0.4) is 0 Å². The average molecular weight is 196 g/mol. The number of nitrogens with zero attached hydrogens (tertiary/aromatic N) is 2. The quantitative estimate of drug-likeness (QED) is 0.686. The maximum atomic E-state index is 11.4. The van der Waals surface area contributed by atoms with Gasteiger partial charge in [-0.05, 0) is 12.3 Å². The second kappa shape index (κ2) is 4.26. The van der Waals surface area contributed by atoms with Gasteiger partial charge >= 0.3 is 5.97 Å². The van der Waals surface area contributed by atoms with Crippen LogP contribution in [-0.2, 0) is 18.2 Å². The van der Waals surface area contributed by atoms with E-state index in [-0.39, 0.29) is 5.97 Å². The van der Waals surface area contributed by atoms with Crippen molar-refractivity contribution in [2.75, 3.05) is 7.11 Å². The van der Waals surface area contributed by atoms with Crippen molar-refractivity contribution in [1.29, 1.82) is 0 Å². The van der Waals surface area contributed by atoms with Gasteiger partial charge in [-0.2, -0.15) is 5.10 Å². The molecule has 78 valence electrons. The third-order valence-corrected chi connectivity index (χ3v) is 1.91. The van der Waals surface area contributed by atoms with Crippen molar-refractivity contribution >= 4 is 5.97 Å². The van der Waals surface area contributed by atoms with Crippen molar-refractivity contribution in [2.24, 2.45) is 13.0 Å². The molecular formula is C10H16N2O2. The number of ether oxygens (including phenoxy) is 1. The van der Waals surface area contributed by atoms with Gasteiger partial charge in [0, 0.05) is 13.2 Å². The second-order valence-electron chi connectivity index (χ2n) is 3.75. The Kier molecular flexibility index (Phi) is 3.28. The molecule has 0 radical (unpaired) electrons. The monoisotopic (exact) mass is 196 g/mol. The number of esters is 1. The van der Waals surface area contributed by atoms with Crippen molar-refractivity contribution in [2.45, 2.75) is 20.3 Å². The molecule has 14 heavy (non-hydrogen) atoms. The molecule has 0 unspecified atom stereocenters. The second-order valence-corrected chi connectivity index (χ2v) is 3.75. The normalized spacial score (nSPS) is 10.6. The minimum Gasteiger partial charge on any atom is -0.465 e. The van der Waals surface area contributed by atoms with Crippen molar-refractivity contribution in [3.63, 3.8) is 0 Å². The van der Waals surface area contributed by atoms with E-state index in [9.17, 15) is 4.79 Å². The Morgan fingerprint density at radius 1 is 1.64 bits per heavy atom. The van der Waals surface area contributed by atoms with Crippen LogP contribution in [0.4, 0.5) is 0 Å². The summed E-state index contributed by atoms with van der Waals surface area (Å²) < 4.78 is 6.32. The highest BCUT2D eigenvalue weighted by atomic mass is 16.5. The number of carbonyl (C=O) groups excluding carboxylic acids is 1. The van der Waals surface area contributed by atoms with E-state index in [0.29, 0.717) is 11.5 Å². The van der Waals surface area contributed by atoms with Crippen LogP contribution in [0.1, 0.15) is 29.9 Å². The van der Waals surface area contributed by atoms with E-state index in [1.54, 1.807) is 17.9 Å². The first kappa shape index (κ1) is 10.8. The fourth-order valence-corrected chi connectivity index (χ4v) is 1.35. The largest absolute Gasteiger partial charge is 0.465 e. The fraction of sp³-hybridized carbons (Fsp3) is 0.600. The Labute approximate surface area is 83.9 Å². The predicted molar refractivity (Wildman–Crippen MR) is 53.1 cm³/mol. The standard InChI is InChI=1S/C10H16N2O2/c1-7(2)5-9-8(10(13)14-4)6-12(3)11-9/h6-7H,5H2,1-4H3. The van der Waals surface area contributed by atoms with Crippen LogP contribution >= 0.6 is 0 Å². The molecule has 0 aliphatic heterocycles. The number of aromatic nitrogens is 2. The van der Waals surface area contributed by atoms with Gasteiger partial charge in [-0.3, -0.25) is 4.68 Å². The van der Waals surface area contributed by atoms with Crippen molar-refractivity contribution in [3.05, 3.63) is 17.5 Å². The predicted octanol–water partition coefficient (Wildman–Crippen LogP) is 1.41. The number of methoxy groups -OCH3 is 1. The van der Waals surface area contributed by atoms with Gasteiger partial charge in [0.2, 0.25) is 0 Å². The van der Waals surface area contributed by atoms with E-state index in [1.165, 1.54) is 7.11 Å². The molecule has 0 fully saturated rings. The number of rotatable bonds is 3. The molecule has 0 saturated heterocycles. The van der Waals surface area contributed by atoms with E-state index in [0.717, 1.165) is 12.1 Å². The minimum atomic E-state index is -0.311. The van der Waals surface area contributed by atoms with E-state index in [1.807, 2.05) is 0 Å². The Morgan fingerprint density at radius 3 is 2.79 bits per heavy atom. The molecule has 1 heterocycles. The summed E-state index contributed by atoms with van der Waals surface area (Å²) >= 11 is 0. The van der Waals surface area contributed by atoms with Gasteiger partial charge in [0.1, 0.15) is 5.56 Å². The number of aryl methyl sites for hydroxylation is 1. The Bertz CT molecular complexity index is 329.